The van der Waals surface area contributed by atoms with Gasteiger partial charge < -0.3 is 5.11 Å². The Morgan fingerprint density at radius 2 is 2.05 bits per heavy atom. The molecule has 0 amide bonds. The number of nitrogens with zero attached hydrogens (tertiary/aromatic N) is 1. The van der Waals surface area contributed by atoms with Gasteiger partial charge in [-0.2, -0.15) is 0 Å². The van der Waals surface area contributed by atoms with Gasteiger partial charge in [0.1, 0.15) is 6.10 Å². The van der Waals surface area contributed by atoms with Crippen molar-refractivity contribution in [2.75, 3.05) is 5.75 Å². The molecule has 112 valence electrons. The molecule has 0 radical (unpaired) electrons. The van der Waals surface area contributed by atoms with Crippen LogP contribution in [0.15, 0.2) is 24.3 Å². The first-order chi connectivity index (χ1) is 9.19. The summed E-state index contributed by atoms with van der Waals surface area (Å²) in [7, 11) is -3.59. The Labute approximate surface area is 126 Å². The number of aliphatic hydroxyl groups is 1. The summed E-state index contributed by atoms with van der Waals surface area (Å²) >= 11 is 3.12. The van der Waals surface area contributed by atoms with Crippen molar-refractivity contribution in [3.8, 4) is 0 Å². The minimum atomic E-state index is -3.59. The average Bonchev–Trinajstić information content (AvgIpc) is 2.45. The first-order valence-electron chi connectivity index (χ1n) is 6.03. The fourth-order valence-corrected chi connectivity index (χ4v) is 4.23. The van der Waals surface area contributed by atoms with Gasteiger partial charge in [0.2, 0.25) is 0 Å². The van der Waals surface area contributed by atoms with Crippen molar-refractivity contribution in [2.24, 2.45) is 0 Å². The van der Waals surface area contributed by atoms with Crippen LogP contribution >= 0.6 is 15.9 Å². The van der Waals surface area contributed by atoms with E-state index in [4.69, 9.17) is 0 Å². The first-order valence-corrected chi connectivity index (χ1v) is 8.47. The molecular weight excluding hydrogens is 350 g/mol. The van der Waals surface area contributed by atoms with Crippen LogP contribution in [0.5, 0.6) is 0 Å². The molecule has 0 aliphatic carbocycles. The zero-order valence-corrected chi connectivity index (χ0v) is 13.5. The SMILES string of the molecule is CC[C@](Br)([C@@H](O)c1cccc([N+](=O)[O-])c1)S(=O)(=O)CC. The van der Waals surface area contributed by atoms with Crippen LogP contribution in [0.2, 0.25) is 0 Å². The summed E-state index contributed by atoms with van der Waals surface area (Å²) in [4.78, 5) is 10.2. The molecule has 0 aromatic heterocycles. The van der Waals surface area contributed by atoms with Gasteiger partial charge in [-0.25, -0.2) is 8.42 Å². The number of sulfone groups is 1. The van der Waals surface area contributed by atoms with Crippen LogP contribution in [0.25, 0.3) is 0 Å². The first kappa shape index (κ1) is 17.1. The summed E-state index contributed by atoms with van der Waals surface area (Å²) in [6.45, 7) is 3.11. The molecule has 0 aliphatic rings. The maximum atomic E-state index is 12.1. The Morgan fingerprint density at radius 1 is 1.45 bits per heavy atom. The highest BCUT2D eigenvalue weighted by molar-refractivity contribution is 9.11. The number of nitro groups is 1. The molecule has 0 aliphatic heterocycles. The number of non-ortho nitro benzene ring substituents is 1. The molecule has 6 nitrogen and oxygen atoms in total. The standard InChI is InChI=1S/C12H16BrNO5S/c1-3-12(13,20(18,19)4-2)11(15)9-6-5-7-10(8-9)14(16)17/h5-8,11,15H,3-4H2,1-2H3/t11-,12+/m0/s1. The average molecular weight is 366 g/mol. The second-order valence-corrected chi connectivity index (χ2v) is 8.77. The van der Waals surface area contributed by atoms with Crippen LogP contribution in [-0.4, -0.2) is 27.9 Å². The Hall–Kier alpha value is -0.990. The normalized spacial score (nSPS) is 16.4. The van der Waals surface area contributed by atoms with Crippen LogP contribution in [0, 0.1) is 10.1 Å². The van der Waals surface area contributed by atoms with Gasteiger partial charge >= 0.3 is 0 Å². The number of aliphatic hydroxyl groups excluding tert-OH is 1. The van der Waals surface area contributed by atoms with Crippen LogP contribution in [0.3, 0.4) is 0 Å². The van der Waals surface area contributed by atoms with Crippen molar-refractivity contribution in [3.63, 3.8) is 0 Å². The highest BCUT2D eigenvalue weighted by Gasteiger charge is 2.46. The molecule has 0 saturated heterocycles. The van der Waals surface area contributed by atoms with E-state index in [-0.39, 0.29) is 23.4 Å². The number of hydrogen-bond donors (Lipinski definition) is 1. The van der Waals surface area contributed by atoms with E-state index >= 15 is 0 Å². The number of alkyl halides is 1. The lowest BCUT2D eigenvalue weighted by Crippen LogP contribution is -2.39. The van der Waals surface area contributed by atoms with Gasteiger partial charge in [-0.15, -0.1) is 0 Å². The predicted octanol–water partition coefficient (Wildman–Crippen LogP) is 2.56. The van der Waals surface area contributed by atoms with E-state index in [1.165, 1.54) is 31.2 Å². The molecule has 8 heteroatoms. The van der Waals surface area contributed by atoms with Gasteiger partial charge in [0.05, 0.1) is 4.92 Å². The molecule has 1 aromatic rings. The van der Waals surface area contributed by atoms with Crippen LogP contribution in [0.4, 0.5) is 5.69 Å². The molecule has 2 atom stereocenters. The third-order valence-electron chi connectivity index (χ3n) is 3.18. The molecule has 0 fully saturated rings. The van der Waals surface area contributed by atoms with Crippen molar-refractivity contribution in [2.45, 2.75) is 30.0 Å². The van der Waals surface area contributed by atoms with Gasteiger partial charge in [0, 0.05) is 17.9 Å². The van der Waals surface area contributed by atoms with Gasteiger partial charge in [0.25, 0.3) is 5.69 Å². The fourth-order valence-electron chi connectivity index (χ4n) is 1.88. The van der Waals surface area contributed by atoms with Gasteiger partial charge in [-0.1, -0.05) is 41.9 Å². The second-order valence-electron chi connectivity index (χ2n) is 4.30. The molecular formula is C12H16BrNO5S. The van der Waals surface area contributed by atoms with E-state index in [1.54, 1.807) is 6.92 Å². The van der Waals surface area contributed by atoms with E-state index in [9.17, 15) is 23.6 Å². The Morgan fingerprint density at radius 3 is 2.50 bits per heavy atom. The van der Waals surface area contributed by atoms with Crippen molar-refractivity contribution in [1.82, 2.24) is 0 Å². The number of benzene rings is 1. The highest BCUT2D eigenvalue weighted by atomic mass is 79.9. The topological polar surface area (TPSA) is 97.5 Å². The summed E-state index contributed by atoms with van der Waals surface area (Å²) in [6, 6.07) is 5.35. The Balaban J connectivity index is 3.31. The summed E-state index contributed by atoms with van der Waals surface area (Å²) in [5.41, 5.74) is -0.00338. The van der Waals surface area contributed by atoms with E-state index in [2.05, 4.69) is 15.9 Å². The number of rotatable bonds is 6. The predicted molar refractivity (Wildman–Crippen MR) is 79.5 cm³/mol. The summed E-state index contributed by atoms with van der Waals surface area (Å²) in [6.07, 6.45) is -1.26. The third kappa shape index (κ3) is 3.02. The fraction of sp³-hybridized carbons (Fsp3) is 0.500. The lowest BCUT2D eigenvalue weighted by molar-refractivity contribution is -0.385. The van der Waals surface area contributed by atoms with Crippen LogP contribution in [-0.2, 0) is 9.84 Å². The van der Waals surface area contributed by atoms with E-state index < -0.39 is 24.5 Å². The van der Waals surface area contributed by atoms with E-state index in [0.717, 1.165) is 0 Å². The van der Waals surface area contributed by atoms with Crippen molar-refractivity contribution in [1.29, 1.82) is 0 Å². The van der Waals surface area contributed by atoms with Crippen molar-refractivity contribution < 1.29 is 18.4 Å². The van der Waals surface area contributed by atoms with Gasteiger partial charge in [-0.3, -0.25) is 10.1 Å². The summed E-state index contributed by atoms with van der Waals surface area (Å²) < 4.78 is 22.7. The molecule has 0 unspecified atom stereocenters. The molecule has 0 saturated carbocycles. The quantitative estimate of drug-likeness (QED) is 0.474. The Kier molecular flexibility index (Phi) is 5.28. The lowest BCUT2D eigenvalue weighted by atomic mass is 10.0. The summed E-state index contributed by atoms with van der Waals surface area (Å²) in [5, 5.41) is 21.1. The van der Waals surface area contributed by atoms with Gasteiger partial charge in [-0.05, 0) is 12.0 Å². The van der Waals surface area contributed by atoms with E-state index in [1.807, 2.05) is 0 Å². The molecule has 1 rings (SSSR count). The maximum absolute atomic E-state index is 12.1. The number of halogens is 1. The lowest BCUT2D eigenvalue weighted by Gasteiger charge is -2.31. The molecule has 0 bridgehead atoms. The molecule has 1 N–H and O–H groups in total. The van der Waals surface area contributed by atoms with Crippen molar-refractivity contribution >= 4 is 31.5 Å². The Bertz CT molecular complexity index is 604. The zero-order chi connectivity index (χ0) is 15.6. The van der Waals surface area contributed by atoms with Crippen LogP contribution in [0.1, 0.15) is 31.9 Å². The molecule has 0 spiro atoms. The number of nitro benzene ring substituents is 1. The van der Waals surface area contributed by atoms with Crippen molar-refractivity contribution in [3.05, 3.63) is 39.9 Å². The molecule has 20 heavy (non-hydrogen) atoms. The van der Waals surface area contributed by atoms with Gasteiger partial charge in [0.15, 0.2) is 13.5 Å². The minimum Gasteiger partial charge on any atom is -0.386 e. The third-order valence-corrected chi connectivity index (χ3v) is 7.96. The minimum absolute atomic E-state index is 0.132. The highest BCUT2D eigenvalue weighted by Crippen LogP contribution is 2.42. The largest absolute Gasteiger partial charge is 0.386 e. The molecule has 0 heterocycles. The smallest absolute Gasteiger partial charge is 0.269 e. The summed E-state index contributed by atoms with van der Waals surface area (Å²) in [5.74, 6) is -0.141. The monoisotopic (exact) mass is 365 g/mol. The molecule has 1 aromatic carbocycles. The maximum Gasteiger partial charge on any atom is 0.269 e. The second kappa shape index (κ2) is 6.19. The zero-order valence-electron chi connectivity index (χ0n) is 11.1. The van der Waals surface area contributed by atoms with Crippen LogP contribution < -0.4 is 0 Å². The van der Waals surface area contributed by atoms with E-state index in [0.29, 0.717) is 0 Å². The number of hydrogen-bond acceptors (Lipinski definition) is 5.